The van der Waals surface area contributed by atoms with Crippen molar-refractivity contribution in [2.75, 3.05) is 38.5 Å². The number of halogens is 2. The van der Waals surface area contributed by atoms with E-state index < -0.39 is 15.6 Å². The van der Waals surface area contributed by atoms with Gasteiger partial charge in [0, 0.05) is 82.8 Å². The molecule has 3 aliphatic rings. The topological polar surface area (TPSA) is 120 Å². The van der Waals surface area contributed by atoms with Crippen LogP contribution in [0.5, 0.6) is 0 Å². The molecule has 0 radical (unpaired) electrons. The number of rotatable bonds is 7. The van der Waals surface area contributed by atoms with Gasteiger partial charge in [0.15, 0.2) is 15.6 Å². The fraction of sp³-hybridized carbons (Fsp3) is 0.344. The van der Waals surface area contributed by atoms with Crippen LogP contribution in [0.2, 0.25) is 10.0 Å². The molecule has 12 heteroatoms. The van der Waals surface area contributed by atoms with Gasteiger partial charge < -0.3 is 20.1 Å². The number of sulfone groups is 1. The van der Waals surface area contributed by atoms with E-state index in [-0.39, 0.29) is 44.5 Å². The first-order valence-electron chi connectivity index (χ1n) is 14.6. The van der Waals surface area contributed by atoms with Gasteiger partial charge in [-0.1, -0.05) is 29.3 Å². The molecule has 44 heavy (non-hydrogen) atoms. The molecular weight excluding hydrogens is 623 g/mol. The molecule has 3 heterocycles. The Bertz CT molecular complexity index is 1800. The van der Waals surface area contributed by atoms with Crippen LogP contribution < -0.4 is 5.32 Å². The predicted molar refractivity (Wildman–Crippen MR) is 171 cm³/mol. The van der Waals surface area contributed by atoms with Crippen LogP contribution in [0.25, 0.3) is 11.6 Å². The van der Waals surface area contributed by atoms with Crippen molar-refractivity contribution in [1.82, 2.24) is 14.8 Å². The number of piperazine rings is 1. The van der Waals surface area contributed by atoms with Gasteiger partial charge in [-0.2, -0.15) is 0 Å². The summed E-state index contributed by atoms with van der Waals surface area (Å²) < 4.78 is 26.9. The Kier molecular flexibility index (Phi) is 8.45. The van der Waals surface area contributed by atoms with Gasteiger partial charge in [0.05, 0.1) is 16.2 Å². The van der Waals surface area contributed by atoms with Crippen LogP contribution in [-0.4, -0.2) is 74.0 Å². The SMILES string of the molecule is CN1CCN(C(=O)CCc2c(C=C3C(=O)Nc4ccc(S(=O)(=O)Cc5c(Cl)cccc5Cl)cc43)[nH]c3c2C(=O)CCC3)CC1. The maximum atomic E-state index is 13.4. The molecule has 0 unspecified atom stereocenters. The molecule has 2 aliphatic heterocycles. The monoisotopic (exact) mass is 654 g/mol. The van der Waals surface area contributed by atoms with E-state index in [9.17, 15) is 22.8 Å². The third kappa shape index (κ3) is 5.96. The number of aryl methyl sites for hydroxylation is 1. The molecule has 0 bridgehead atoms. The molecule has 0 spiro atoms. The first-order chi connectivity index (χ1) is 21.0. The van der Waals surface area contributed by atoms with E-state index in [1.165, 1.54) is 12.1 Å². The summed E-state index contributed by atoms with van der Waals surface area (Å²) in [6, 6.07) is 9.30. The average molecular weight is 656 g/mol. The first-order valence-corrected chi connectivity index (χ1v) is 17.0. The number of Topliss-reactive ketones (excluding diaryl/α,β-unsaturated/α-hetero) is 1. The molecule has 1 fully saturated rings. The smallest absolute Gasteiger partial charge is 0.256 e. The van der Waals surface area contributed by atoms with Crippen LogP contribution in [0.3, 0.4) is 0 Å². The summed E-state index contributed by atoms with van der Waals surface area (Å²) in [7, 11) is -1.85. The summed E-state index contributed by atoms with van der Waals surface area (Å²) in [5, 5.41) is 3.32. The number of amides is 2. The van der Waals surface area contributed by atoms with Gasteiger partial charge >= 0.3 is 0 Å². The lowest BCUT2D eigenvalue weighted by Crippen LogP contribution is -2.47. The van der Waals surface area contributed by atoms with Crippen molar-refractivity contribution in [2.24, 2.45) is 0 Å². The lowest BCUT2D eigenvalue weighted by atomic mass is 9.91. The summed E-state index contributed by atoms with van der Waals surface area (Å²) in [5.41, 5.74) is 4.21. The minimum Gasteiger partial charge on any atom is -0.358 e. The van der Waals surface area contributed by atoms with E-state index in [0.717, 1.165) is 30.8 Å². The lowest BCUT2D eigenvalue weighted by molar-refractivity contribution is -0.132. The molecule has 1 aromatic heterocycles. The molecule has 1 aliphatic carbocycles. The molecule has 230 valence electrons. The van der Waals surface area contributed by atoms with Gasteiger partial charge in [0.25, 0.3) is 5.91 Å². The number of likely N-dealkylation sites (N-methyl/N-ethyl adjacent to an activating group) is 1. The van der Waals surface area contributed by atoms with Gasteiger partial charge in [-0.25, -0.2) is 8.42 Å². The Morgan fingerprint density at radius 2 is 1.73 bits per heavy atom. The summed E-state index contributed by atoms with van der Waals surface area (Å²) in [6.45, 7) is 2.97. The Balaban J connectivity index is 1.33. The highest BCUT2D eigenvalue weighted by Gasteiger charge is 2.31. The Hall–Kier alpha value is -3.44. The molecule has 9 nitrogen and oxygen atoms in total. The maximum absolute atomic E-state index is 13.4. The number of nitrogens with zero attached hydrogens (tertiary/aromatic N) is 2. The van der Waals surface area contributed by atoms with E-state index in [2.05, 4.69) is 15.2 Å². The van der Waals surface area contributed by atoms with Gasteiger partial charge in [-0.3, -0.25) is 14.4 Å². The highest BCUT2D eigenvalue weighted by molar-refractivity contribution is 7.90. The standard InChI is InChI=1S/C32H32Cl2N4O5S/c1-37-12-14-38(15-13-37)30(40)11-9-20-28(35-27-6-3-7-29(39)31(20)27)17-22-21-16-19(8-10-26(21)36-32(22)41)44(42,43)18-23-24(33)4-2-5-25(23)34/h2,4-5,8,10,16-17,35H,3,6-7,9,11-15,18H2,1H3,(H,36,41). The van der Waals surface area contributed by atoms with E-state index in [1.807, 2.05) is 11.9 Å². The number of H-pyrrole nitrogens is 1. The van der Waals surface area contributed by atoms with E-state index in [1.54, 1.807) is 30.3 Å². The Labute approximate surface area is 266 Å². The molecule has 0 atom stereocenters. The third-order valence-corrected chi connectivity index (χ3v) is 10.9. The second-order valence-corrected chi connectivity index (χ2v) is 14.3. The van der Waals surface area contributed by atoms with Crippen LogP contribution in [0.4, 0.5) is 5.69 Å². The number of carbonyl (C=O) groups excluding carboxylic acids is 3. The number of nitrogens with one attached hydrogen (secondary N) is 2. The minimum absolute atomic E-state index is 0.0218. The molecule has 3 aromatic rings. The highest BCUT2D eigenvalue weighted by atomic mass is 35.5. The zero-order valence-corrected chi connectivity index (χ0v) is 26.5. The van der Waals surface area contributed by atoms with Gasteiger partial charge in [-0.15, -0.1) is 0 Å². The van der Waals surface area contributed by atoms with Gasteiger partial charge in [0.2, 0.25) is 5.91 Å². The molecule has 1 saturated heterocycles. The van der Waals surface area contributed by atoms with Crippen LogP contribution >= 0.6 is 23.2 Å². The van der Waals surface area contributed by atoms with Crippen LogP contribution in [0.1, 0.15) is 57.7 Å². The molecule has 2 aromatic carbocycles. The van der Waals surface area contributed by atoms with Gasteiger partial charge in [0.1, 0.15) is 0 Å². The van der Waals surface area contributed by atoms with Crippen LogP contribution in [0, 0.1) is 0 Å². The number of benzene rings is 2. The predicted octanol–water partition coefficient (Wildman–Crippen LogP) is 5.01. The second kappa shape index (κ2) is 12.2. The van der Waals surface area contributed by atoms with Crippen LogP contribution in [0.15, 0.2) is 41.3 Å². The summed E-state index contributed by atoms with van der Waals surface area (Å²) in [6.07, 6.45) is 4.11. The Morgan fingerprint density at radius 3 is 2.45 bits per heavy atom. The number of fused-ring (bicyclic) bond motifs is 2. The lowest BCUT2D eigenvalue weighted by Gasteiger charge is -2.32. The van der Waals surface area contributed by atoms with Crippen molar-refractivity contribution >= 4 is 68.0 Å². The van der Waals surface area contributed by atoms with Crippen molar-refractivity contribution in [3.63, 3.8) is 0 Å². The fourth-order valence-electron chi connectivity index (χ4n) is 6.11. The fourth-order valence-corrected chi connectivity index (χ4v) is 8.23. The van der Waals surface area contributed by atoms with E-state index >= 15 is 0 Å². The number of hydrogen-bond donors (Lipinski definition) is 2. The van der Waals surface area contributed by atoms with Crippen molar-refractivity contribution in [2.45, 2.75) is 42.8 Å². The number of carbonyl (C=O) groups is 3. The molecule has 2 N–H and O–H groups in total. The number of aromatic amines is 1. The van der Waals surface area contributed by atoms with E-state index in [0.29, 0.717) is 60.4 Å². The molecule has 0 saturated carbocycles. The largest absolute Gasteiger partial charge is 0.358 e. The normalized spacial score (nSPS) is 18.0. The minimum atomic E-state index is -3.88. The van der Waals surface area contributed by atoms with Crippen molar-refractivity contribution < 1.29 is 22.8 Å². The van der Waals surface area contributed by atoms with Crippen LogP contribution in [-0.2, 0) is 38.0 Å². The zero-order chi connectivity index (χ0) is 31.2. The highest BCUT2D eigenvalue weighted by Crippen LogP contribution is 2.38. The molecule has 6 rings (SSSR count). The molecule has 2 amide bonds. The maximum Gasteiger partial charge on any atom is 0.256 e. The second-order valence-electron chi connectivity index (χ2n) is 11.5. The summed E-state index contributed by atoms with van der Waals surface area (Å²) in [5.74, 6) is -0.728. The number of anilines is 1. The van der Waals surface area contributed by atoms with Crippen molar-refractivity contribution in [3.05, 3.63) is 80.1 Å². The average Bonchev–Trinajstić information content (AvgIpc) is 3.50. The quantitative estimate of drug-likeness (QED) is 0.346. The first kappa shape index (κ1) is 30.6. The molecular formula is C32H32Cl2N4O5S. The Morgan fingerprint density at radius 1 is 1.00 bits per heavy atom. The van der Waals surface area contributed by atoms with E-state index in [4.69, 9.17) is 23.2 Å². The third-order valence-electron chi connectivity index (χ3n) is 8.59. The van der Waals surface area contributed by atoms with Gasteiger partial charge in [-0.05, 0) is 68.3 Å². The number of aromatic nitrogens is 1. The van der Waals surface area contributed by atoms with Crippen molar-refractivity contribution in [3.8, 4) is 0 Å². The number of hydrogen-bond acceptors (Lipinski definition) is 6. The zero-order valence-electron chi connectivity index (χ0n) is 24.2. The van der Waals surface area contributed by atoms with Crippen molar-refractivity contribution in [1.29, 1.82) is 0 Å². The summed E-state index contributed by atoms with van der Waals surface area (Å²) >= 11 is 12.5. The number of ketones is 1. The summed E-state index contributed by atoms with van der Waals surface area (Å²) in [4.78, 5) is 46.7.